The lowest BCUT2D eigenvalue weighted by Crippen LogP contribution is -2.41. The number of aromatic nitrogens is 1. The first-order valence-electron chi connectivity index (χ1n) is 4.43. The normalized spacial score (nSPS) is 13.4. The van der Waals surface area contributed by atoms with E-state index in [1.165, 1.54) is 0 Å². The van der Waals surface area contributed by atoms with Crippen molar-refractivity contribution in [3.63, 3.8) is 0 Å². The summed E-state index contributed by atoms with van der Waals surface area (Å²) in [5.74, 6) is 0. The summed E-state index contributed by atoms with van der Waals surface area (Å²) < 4.78 is 10.4. The SMILES string of the molecule is CNC(Cc1nccs1)C(OC)OC. The minimum Gasteiger partial charge on any atom is -0.354 e. The van der Waals surface area contributed by atoms with Gasteiger partial charge in [-0.05, 0) is 7.05 Å². The van der Waals surface area contributed by atoms with E-state index >= 15 is 0 Å². The Morgan fingerprint density at radius 3 is 2.64 bits per heavy atom. The Labute approximate surface area is 88.3 Å². The van der Waals surface area contributed by atoms with E-state index < -0.39 is 0 Å². The summed E-state index contributed by atoms with van der Waals surface area (Å²) in [7, 11) is 5.17. The zero-order chi connectivity index (χ0) is 10.4. The van der Waals surface area contributed by atoms with Gasteiger partial charge in [-0.1, -0.05) is 0 Å². The van der Waals surface area contributed by atoms with Gasteiger partial charge in [0.1, 0.15) is 0 Å². The lowest BCUT2D eigenvalue weighted by molar-refractivity contribution is -0.121. The molecule has 0 amide bonds. The van der Waals surface area contributed by atoms with E-state index in [-0.39, 0.29) is 12.3 Å². The van der Waals surface area contributed by atoms with Crippen LogP contribution in [0.3, 0.4) is 0 Å². The first-order valence-corrected chi connectivity index (χ1v) is 5.31. The third-order valence-electron chi connectivity index (χ3n) is 2.04. The highest BCUT2D eigenvalue weighted by Crippen LogP contribution is 2.10. The summed E-state index contributed by atoms with van der Waals surface area (Å²) >= 11 is 1.64. The number of nitrogens with one attached hydrogen (secondary N) is 1. The highest BCUT2D eigenvalue weighted by Gasteiger charge is 2.20. The Morgan fingerprint density at radius 2 is 2.21 bits per heavy atom. The fourth-order valence-corrected chi connectivity index (χ4v) is 1.98. The van der Waals surface area contributed by atoms with Crippen molar-refractivity contribution >= 4 is 11.3 Å². The standard InChI is InChI=1S/C9H16N2O2S/c1-10-7(9(12-2)13-3)6-8-11-4-5-14-8/h4-5,7,9-10H,6H2,1-3H3. The molecule has 0 aromatic carbocycles. The second-order valence-electron chi connectivity index (χ2n) is 2.86. The van der Waals surface area contributed by atoms with Crippen LogP contribution in [-0.4, -0.2) is 38.6 Å². The monoisotopic (exact) mass is 216 g/mol. The molecular formula is C9H16N2O2S. The lowest BCUT2D eigenvalue weighted by atomic mass is 10.2. The van der Waals surface area contributed by atoms with Crippen LogP contribution in [0, 0.1) is 0 Å². The number of methoxy groups -OCH3 is 2. The van der Waals surface area contributed by atoms with Gasteiger partial charge in [0, 0.05) is 32.2 Å². The predicted octanol–water partition coefficient (Wildman–Crippen LogP) is 0.892. The first kappa shape index (κ1) is 11.6. The molecule has 0 saturated heterocycles. The molecule has 1 unspecified atom stereocenters. The van der Waals surface area contributed by atoms with Gasteiger partial charge in [-0.2, -0.15) is 0 Å². The number of hydrogen-bond donors (Lipinski definition) is 1. The van der Waals surface area contributed by atoms with Crippen molar-refractivity contribution in [1.29, 1.82) is 0 Å². The number of nitrogens with zero attached hydrogens (tertiary/aromatic N) is 1. The molecule has 1 atom stereocenters. The summed E-state index contributed by atoms with van der Waals surface area (Å²) in [5.41, 5.74) is 0. The molecule has 5 heteroatoms. The molecule has 14 heavy (non-hydrogen) atoms. The van der Waals surface area contributed by atoms with Crippen molar-refractivity contribution < 1.29 is 9.47 Å². The second-order valence-corrected chi connectivity index (χ2v) is 3.84. The maximum Gasteiger partial charge on any atom is 0.172 e. The van der Waals surface area contributed by atoms with Gasteiger partial charge in [-0.3, -0.25) is 0 Å². The molecule has 0 radical (unpaired) electrons. The molecule has 80 valence electrons. The van der Waals surface area contributed by atoms with Crippen molar-refractivity contribution in [2.24, 2.45) is 0 Å². The van der Waals surface area contributed by atoms with E-state index in [4.69, 9.17) is 9.47 Å². The molecule has 1 aromatic rings. The molecule has 1 N–H and O–H groups in total. The van der Waals surface area contributed by atoms with E-state index in [9.17, 15) is 0 Å². The van der Waals surface area contributed by atoms with Crippen LogP contribution in [0.5, 0.6) is 0 Å². The first-order chi connectivity index (χ1) is 6.81. The highest BCUT2D eigenvalue weighted by molar-refractivity contribution is 7.09. The molecular weight excluding hydrogens is 200 g/mol. The largest absolute Gasteiger partial charge is 0.354 e. The summed E-state index contributed by atoms with van der Waals surface area (Å²) in [6.07, 6.45) is 2.39. The van der Waals surface area contributed by atoms with E-state index in [1.807, 2.05) is 12.4 Å². The number of likely N-dealkylation sites (N-methyl/N-ethyl adjacent to an activating group) is 1. The Morgan fingerprint density at radius 1 is 1.50 bits per heavy atom. The van der Waals surface area contributed by atoms with Crippen LogP contribution in [0.25, 0.3) is 0 Å². The Hall–Kier alpha value is -0.490. The zero-order valence-electron chi connectivity index (χ0n) is 8.69. The van der Waals surface area contributed by atoms with Gasteiger partial charge in [0.25, 0.3) is 0 Å². The van der Waals surface area contributed by atoms with Crippen molar-refractivity contribution in [2.45, 2.75) is 18.8 Å². The minimum absolute atomic E-state index is 0.135. The molecule has 0 saturated carbocycles. The molecule has 1 aromatic heterocycles. The number of hydrogen-bond acceptors (Lipinski definition) is 5. The molecule has 0 spiro atoms. The van der Waals surface area contributed by atoms with Crippen LogP contribution >= 0.6 is 11.3 Å². The Kier molecular flexibility index (Phi) is 5.03. The quantitative estimate of drug-likeness (QED) is 0.717. The van der Waals surface area contributed by atoms with Crippen LogP contribution in [0.4, 0.5) is 0 Å². The molecule has 0 bridgehead atoms. The Balaban J connectivity index is 2.53. The second kappa shape index (κ2) is 6.08. The van der Waals surface area contributed by atoms with Gasteiger partial charge in [0.15, 0.2) is 6.29 Å². The van der Waals surface area contributed by atoms with Crippen LogP contribution in [-0.2, 0) is 15.9 Å². The fraction of sp³-hybridized carbons (Fsp3) is 0.667. The van der Waals surface area contributed by atoms with Crippen molar-refractivity contribution in [3.8, 4) is 0 Å². The highest BCUT2D eigenvalue weighted by atomic mass is 32.1. The molecule has 4 nitrogen and oxygen atoms in total. The van der Waals surface area contributed by atoms with E-state index in [2.05, 4.69) is 10.3 Å². The number of thiazole rings is 1. The van der Waals surface area contributed by atoms with E-state index in [0.717, 1.165) is 11.4 Å². The van der Waals surface area contributed by atoms with Crippen molar-refractivity contribution in [1.82, 2.24) is 10.3 Å². The molecule has 0 aliphatic heterocycles. The van der Waals surface area contributed by atoms with Crippen LogP contribution in [0.15, 0.2) is 11.6 Å². The van der Waals surface area contributed by atoms with Gasteiger partial charge in [-0.15, -0.1) is 11.3 Å². The third-order valence-corrected chi connectivity index (χ3v) is 2.84. The van der Waals surface area contributed by atoms with Crippen LogP contribution < -0.4 is 5.32 Å². The fourth-order valence-electron chi connectivity index (χ4n) is 1.30. The van der Waals surface area contributed by atoms with Crippen LogP contribution in [0.2, 0.25) is 0 Å². The maximum absolute atomic E-state index is 5.19. The molecule has 0 fully saturated rings. The van der Waals surface area contributed by atoms with Gasteiger partial charge in [-0.25, -0.2) is 4.98 Å². The number of rotatable bonds is 6. The molecule has 0 aliphatic rings. The average Bonchev–Trinajstić information content (AvgIpc) is 2.70. The van der Waals surface area contributed by atoms with E-state index in [0.29, 0.717) is 0 Å². The molecule has 1 heterocycles. The lowest BCUT2D eigenvalue weighted by Gasteiger charge is -2.23. The summed E-state index contributed by atoms with van der Waals surface area (Å²) in [6, 6.07) is 0.135. The third kappa shape index (κ3) is 3.02. The topological polar surface area (TPSA) is 43.4 Å². The van der Waals surface area contributed by atoms with Crippen LogP contribution in [0.1, 0.15) is 5.01 Å². The Bertz CT molecular complexity index is 237. The van der Waals surface area contributed by atoms with Gasteiger partial charge in [0.2, 0.25) is 0 Å². The summed E-state index contributed by atoms with van der Waals surface area (Å²) in [6.45, 7) is 0. The predicted molar refractivity (Wildman–Crippen MR) is 56.5 cm³/mol. The van der Waals surface area contributed by atoms with Gasteiger partial charge in [0.05, 0.1) is 11.0 Å². The van der Waals surface area contributed by atoms with E-state index in [1.54, 1.807) is 31.8 Å². The molecule has 0 aliphatic carbocycles. The van der Waals surface area contributed by atoms with Crippen molar-refractivity contribution in [3.05, 3.63) is 16.6 Å². The van der Waals surface area contributed by atoms with Crippen molar-refractivity contribution in [2.75, 3.05) is 21.3 Å². The smallest absolute Gasteiger partial charge is 0.172 e. The van der Waals surface area contributed by atoms with Gasteiger partial charge < -0.3 is 14.8 Å². The van der Waals surface area contributed by atoms with Gasteiger partial charge >= 0.3 is 0 Å². The molecule has 1 rings (SSSR count). The zero-order valence-corrected chi connectivity index (χ0v) is 9.50. The minimum atomic E-state index is -0.233. The maximum atomic E-state index is 5.19. The number of ether oxygens (including phenoxy) is 2. The summed E-state index contributed by atoms with van der Waals surface area (Å²) in [5, 5.41) is 6.21. The summed E-state index contributed by atoms with van der Waals surface area (Å²) in [4.78, 5) is 4.22. The average molecular weight is 216 g/mol.